The Hall–Kier alpha value is -4.51. The minimum Gasteiger partial charge on any atom is -0.445 e. The van der Waals surface area contributed by atoms with Crippen molar-refractivity contribution in [3.05, 3.63) is 107 Å². The minimum absolute atomic E-state index is 0. The first-order valence-corrected chi connectivity index (χ1v) is 14.5. The molecule has 0 spiro atoms. The van der Waals surface area contributed by atoms with Crippen LogP contribution < -0.4 is 10.6 Å². The molecule has 11 heteroatoms. The highest BCUT2D eigenvalue weighted by Gasteiger charge is 2.50. The Balaban J connectivity index is 0.00000576. The predicted molar refractivity (Wildman–Crippen MR) is 166 cm³/mol. The quantitative estimate of drug-likeness (QED) is 0.214. The van der Waals surface area contributed by atoms with Gasteiger partial charge in [0.1, 0.15) is 12.2 Å². The SMILES string of the molecule is C.C[C@H](NC(=O)OCc1ccccc1)C(=O)C[C@@H](Cc1ccc(C(F)(F)F)cc1)C(=O)N[C@@H](Cc1ccccc1)C(=O)C1(C)CO1. The van der Waals surface area contributed by atoms with E-state index in [2.05, 4.69) is 10.6 Å². The summed E-state index contributed by atoms with van der Waals surface area (Å²) >= 11 is 0. The summed E-state index contributed by atoms with van der Waals surface area (Å²) < 4.78 is 49.9. The van der Waals surface area contributed by atoms with E-state index in [0.717, 1.165) is 23.3 Å². The van der Waals surface area contributed by atoms with Gasteiger partial charge in [0, 0.05) is 12.3 Å². The molecule has 1 heterocycles. The highest BCUT2D eigenvalue weighted by atomic mass is 19.4. The van der Waals surface area contributed by atoms with E-state index in [4.69, 9.17) is 9.47 Å². The van der Waals surface area contributed by atoms with Crippen LogP contribution in [0.2, 0.25) is 0 Å². The van der Waals surface area contributed by atoms with Gasteiger partial charge in [0.15, 0.2) is 11.6 Å². The van der Waals surface area contributed by atoms with Gasteiger partial charge in [0.25, 0.3) is 0 Å². The first-order chi connectivity index (χ1) is 21.3. The Morgan fingerprint density at radius 3 is 1.93 bits per heavy atom. The maximum atomic E-state index is 13.7. The van der Waals surface area contributed by atoms with Crippen molar-refractivity contribution in [1.82, 2.24) is 10.6 Å². The Morgan fingerprint density at radius 2 is 1.39 bits per heavy atom. The molecule has 1 unspecified atom stereocenters. The number of nitrogens with one attached hydrogen (secondary N) is 2. The molecule has 2 amide bonds. The monoisotopic (exact) mass is 640 g/mol. The highest BCUT2D eigenvalue weighted by molar-refractivity contribution is 5.98. The zero-order chi connectivity index (χ0) is 32.6. The number of rotatable bonds is 14. The van der Waals surface area contributed by atoms with Crippen molar-refractivity contribution >= 4 is 23.6 Å². The summed E-state index contributed by atoms with van der Waals surface area (Å²) in [4.78, 5) is 52.6. The van der Waals surface area contributed by atoms with E-state index in [0.29, 0.717) is 5.56 Å². The lowest BCUT2D eigenvalue weighted by Crippen LogP contribution is -2.50. The molecule has 0 aromatic heterocycles. The fraction of sp³-hybridized carbons (Fsp3) is 0.371. The van der Waals surface area contributed by atoms with Gasteiger partial charge in [-0.25, -0.2) is 4.79 Å². The molecule has 0 saturated carbocycles. The summed E-state index contributed by atoms with van der Waals surface area (Å²) in [6.07, 6.45) is -5.62. The average Bonchev–Trinajstić information content (AvgIpc) is 3.78. The molecule has 46 heavy (non-hydrogen) atoms. The van der Waals surface area contributed by atoms with Crippen LogP contribution in [0.5, 0.6) is 0 Å². The maximum Gasteiger partial charge on any atom is 0.416 e. The Bertz CT molecular complexity index is 1480. The molecule has 1 aliphatic heterocycles. The molecule has 246 valence electrons. The lowest BCUT2D eigenvalue weighted by atomic mass is 9.89. The fourth-order valence-electron chi connectivity index (χ4n) is 4.78. The van der Waals surface area contributed by atoms with Crippen LogP contribution in [-0.2, 0) is 49.5 Å². The second-order valence-electron chi connectivity index (χ2n) is 11.3. The molecule has 8 nitrogen and oxygen atoms in total. The number of Topliss-reactive ketones (excluding diaryl/α,β-unsaturated/α-hetero) is 2. The van der Waals surface area contributed by atoms with Crippen LogP contribution in [0, 0.1) is 5.92 Å². The van der Waals surface area contributed by atoms with E-state index in [1.54, 1.807) is 43.3 Å². The van der Waals surface area contributed by atoms with Gasteiger partial charge in [0.05, 0.1) is 24.3 Å². The summed E-state index contributed by atoms with van der Waals surface area (Å²) in [5, 5.41) is 5.24. The molecule has 1 aliphatic rings. The number of benzene rings is 3. The third-order valence-electron chi connectivity index (χ3n) is 7.63. The number of carbonyl (C=O) groups excluding carboxylic acids is 4. The molecule has 1 fully saturated rings. The van der Waals surface area contributed by atoms with Gasteiger partial charge in [-0.15, -0.1) is 0 Å². The van der Waals surface area contributed by atoms with Crippen molar-refractivity contribution in [2.24, 2.45) is 5.92 Å². The third kappa shape index (κ3) is 10.3. The van der Waals surface area contributed by atoms with Crippen molar-refractivity contribution in [1.29, 1.82) is 0 Å². The molecule has 1 saturated heterocycles. The molecule has 0 aliphatic carbocycles. The van der Waals surface area contributed by atoms with Crippen LogP contribution in [0.3, 0.4) is 0 Å². The number of epoxide rings is 1. The van der Waals surface area contributed by atoms with Crippen LogP contribution in [0.4, 0.5) is 18.0 Å². The van der Waals surface area contributed by atoms with Crippen molar-refractivity contribution in [2.75, 3.05) is 6.61 Å². The van der Waals surface area contributed by atoms with E-state index in [-0.39, 0.29) is 45.7 Å². The van der Waals surface area contributed by atoms with E-state index in [9.17, 15) is 32.3 Å². The zero-order valence-electron chi connectivity index (χ0n) is 24.9. The number of ketones is 2. The highest BCUT2D eigenvalue weighted by Crippen LogP contribution is 2.31. The third-order valence-corrected chi connectivity index (χ3v) is 7.63. The second kappa shape index (κ2) is 15.7. The summed E-state index contributed by atoms with van der Waals surface area (Å²) in [6.45, 7) is 3.29. The number of hydrogen-bond donors (Lipinski definition) is 2. The van der Waals surface area contributed by atoms with Crippen LogP contribution >= 0.6 is 0 Å². The predicted octanol–water partition coefficient (Wildman–Crippen LogP) is 5.86. The normalized spacial score (nSPS) is 17.4. The summed E-state index contributed by atoms with van der Waals surface area (Å²) in [7, 11) is 0. The van der Waals surface area contributed by atoms with Crippen LogP contribution in [0.25, 0.3) is 0 Å². The number of alkyl carbamates (subject to hydrolysis) is 1. The average molecular weight is 641 g/mol. The molecule has 3 aromatic rings. The Kier molecular flexibility index (Phi) is 12.2. The van der Waals surface area contributed by atoms with Gasteiger partial charge in [-0.2, -0.15) is 13.2 Å². The molecular weight excluding hydrogens is 601 g/mol. The molecule has 3 aromatic carbocycles. The zero-order valence-corrected chi connectivity index (χ0v) is 24.9. The smallest absolute Gasteiger partial charge is 0.416 e. The number of halogens is 3. The fourth-order valence-corrected chi connectivity index (χ4v) is 4.78. The van der Waals surface area contributed by atoms with Crippen molar-refractivity contribution in [3.8, 4) is 0 Å². The topological polar surface area (TPSA) is 114 Å². The van der Waals surface area contributed by atoms with Gasteiger partial charge >= 0.3 is 12.3 Å². The molecule has 4 rings (SSSR count). The largest absolute Gasteiger partial charge is 0.445 e. The summed E-state index contributed by atoms with van der Waals surface area (Å²) in [5.41, 5.74) is 0.0560. The first kappa shape index (κ1) is 36.0. The number of carbonyl (C=O) groups is 4. The number of hydrogen-bond acceptors (Lipinski definition) is 6. The molecule has 4 atom stereocenters. The van der Waals surface area contributed by atoms with E-state index >= 15 is 0 Å². The first-order valence-electron chi connectivity index (χ1n) is 14.5. The number of amides is 2. The summed E-state index contributed by atoms with van der Waals surface area (Å²) in [5.74, 6) is -2.50. The van der Waals surface area contributed by atoms with Crippen LogP contribution in [0.1, 0.15) is 49.9 Å². The maximum absolute atomic E-state index is 13.7. The molecule has 2 N–H and O–H groups in total. The van der Waals surface area contributed by atoms with Crippen molar-refractivity contribution in [3.63, 3.8) is 0 Å². The van der Waals surface area contributed by atoms with Gasteiger partial charge in [-0.1, -0.05) is 80.2 Å². The lowest BCUT2D eigenvalue weighted by Gasteiger charge is -2.24. The Labute approximate surface area is 266 Å². The van der Waals surface area contributed by atoms with Gasteiger partial charge in [-0.05, 0) is 55.5 Å². The van der Waals surface area contributed by atoms with E-state index in [1.165, 1.54) is 19.1 Å². The molecular formula is C35H39F3N2O6. The van der Waals surface area contributed by atoms with Gasteiger partial charge in [-0.3, -0.25) is 14.4 Å². The van der Waals surface area contributed by atoms with Gasteiger partial charge < -0.3 is 20.1 Å². The van der Waals surface area contributed by atoms with Crippen LogP contribution in [-0.4, -0.2) is 47.9 Å². The van der Waals surface area contributed by atoms with Crippen LogP contribution in [0.15, 0.2) is 84.9 Å². The molecule has 0 radical (unpaired) electrons. The van der Waals surface area contributed by atoms with Crippen molar-refractivity contribution < 1.29 is 41.8 Å². The van der Waals surface area contributed by atoms with E-state index in [1.807, 2.05) is 24.3 Å². The molecule has 0 bridgehead atoms. The van der Waals surface area contributed by atoms with E-state index < -0.39 is 53.1 Å². The number of ether oxygens (including phenoxy) is 2. The lowest BCUT2D eigenvalue weighted by molar-refractivity contribution is -0.137. The Morgan fingerprint density at radius 1 is 0.848 bits per heavy atom. The standard InChI is InChI=1S/C34H35F3N2O6.CH4/c1-22(38-32(43)44-20-25-11-7-4-8-12-25)29(40)19-26(17-24-13-15-27(16-14-24)34(35,36)37)31(42)39-28(30(41)33(2)21-45-33)18-23-9-5-3-6-10-23;/h3-16,22,26,28H,17-21H2,1-2H3,(H,38,43)(H,39,42);1H4/t22-,26+,28-,33?;/m0./s1. The van der Waals surface area contributed by atoms with Gasteiger partial charge in [0.2, 0.25) is 5.91 Å². The number of alkyl halides is 3. The van der Waals surface area contributed by atoms with Crippen molar-refractivity contribution in [2.45, 2.75) is 71.0 Å². The second-order valence-corrected chi connectivity index (χ2v) is 11.3. The summed E-state index contributed by atoms with van der Waals surface area (Å²) in [6, 6.07) is 20.3. The minimum atomic E-state index is -4.53.